The SMILES string of the molecule is C[C@@H]1CN([C@H](C)CO)C(=O)c2cc(C#CCN(C)C)cnc2O[C@@H]1CN(C)C. The number of ether oxygens (including phenoxy) is 1. The number of carbonyl (C=O) groups is 1. The molecular formula is C21H32N4O3. The van der Waals surface area contributed by atoms with Crippen LogP contribution in [0.15, 0.2) is 12.3 Å². The van der Waals surface area contributed by atoms with Gasteiger partial charge in [-0.3, -0.25) is 9.69 Å². The Morgan fingerprint density at radius 3 is 2.68 bits per heavy atom. The number of amides is 1. The number of aliphatic hydroxyl groups excluding tert-OH is 1. The van der Waals surface area contributed by atoms with Gasteiger partial charge in [-0.15, -0.1) is 0 Å². The number of aliphatic hydroxyl groups is 1. The first kappa shape index (κ1) is 22.2. The lowest BCUT2D eigenvalue weighted by Crippen LogP contribution is -2.49. The van der Waals surface area contributed by atoms with Gasteiger partial charge in [0.05, 0.1) is 19.2 Å². The van der Waals surface area contributed by atoms with Crippen LogP contribution in [-0.4, -0.2) is 97.3 Å². The van der Waals surface area contributed by atoms with Gasteiger partial charge in [0.1, 0.15) is 11.7 Å². The molecule has 0 saturated carbocycles. The van der Waals surface area contributed by atoms with Crippen molar-refractivity contribution < 1.29 is 14.6 Å². The summed E-state index contributed by atoms with van der Waals surface area (Å²) in [6.45, 7) is 5.66. The van der Waals surface area contributed by atoms with E-state index in [-0.39, 0.29) is 30.6 Å². The molecule has 0 radical (unpaired) electrons. The minimum Gasteiger partial charge on any atom is -0.472 e. The molecule has 2 rings (SSSR count). The normalized spacial score (nSPS) is 20.8. The molecule has 1 amide bonds. The zero-order chi connectivity index (χ0) is 20.8. The van der Waals surface area contributed by atoms with Crippen molar-refractivity contribution in [1.29, 1.82) is 0 Å². The van der Waals surface area contributed by atoms with Crippen molar-refractivity contribution in [1.82, 2.24) is 19.7 Å². The first-order chi connectivity index (χ1) is 13.2. The predicted octanol–water partition coefficient (Wildman–Crippen LogP) is 0.776. The van der Waals surface area contributed by atoms with Crippen LogP contribution in [0.1, 0.15) is 29.8 Å². The summed E-state index contributed by atoms with van der Waals surface area (Å²) in [4.78, 5) is 23.4. The Bertz CT molecular complexity index is 739. The van der Waals surface area contributed by atoms with E-state index in [0.717, 1.165) is 0 Å². The Hall–Kier alpha value is -2.14. The van der Waals surface area contributed by atoms with Crippen molar-refractivity contribution in [2.45, 2.75) is 26.0 Å². The molecule has 7 heteroatoms. The van der Waals surface area contributed by atoms with E-state index in [1.807, 2.05) is 40.0 Å². The van der Waals surface area contributed by atoms with Crippen LogP contribution in [0.4, 0.5) is 0 Å². The van der Waals surface area contributed by atoms with Crippen LogP contribution in [-0.2, 0) is 0 Å². The van der Waals surface area contributed by atoms with Gasteiger partial charge in [0.2, 0.25) is 5.88 Å². The summed E-state index contributed by atoms with van der Waals surface area (Å²) in [6.07, 6.45) is 1.53. The van der Waals surface area contributed by atoms with Gasteiger partial charge in [0, 0.05) is 30.8 Å². The monoisotopic (exact) mass is 388 g/mol. The third-order valence-corrected chi connectivity index (χ3v) is 4.69. The van der Waals surface area contributed by atoms with E-state index in [1.165, 1.54) is 0 Å². The van der Waals surface area contributed by atoms with Crippen molar-refractivity contribution in [2.75, 3.05) is 54.4 Å². The van der Waals surface area contributed by atoms with Crippen molar-refractivity contribution in [3.63, 3.8) is 0 Å². The van der Waals surface area contributed by atoms with Crippen LogP contribution in [0, 0.1) is 17.8 Å². The molecule has 1 aliphatic heterocycles. The van der Waals surface area contributed by atoms with E-state index in [4.69, 9.17) is 4.74 Å². The molecule has 0 aliphatic carbocycles. The molecular weight excluding hydrogens is 356 g/mol. The van der Waals surface area contributed by atoms with Crippen LogP contribution < -0.4 is 4.74 Å². The van der Waals surface area contributed by atoms with Crippen molar-refractivity contribution in [3.8, 4) is 17.7 Å². The summed E-state index contributed by atoms with van der Waals surface area (Å²) in [7, 11) is 7.88. The molecule has 1 aromatic heterocycles. The average molecular weight is 389 g/mol. The quantitative estimate of drug-likeness (QED) is 0.752. The van der Waals surface area contributed by atoms with Crippen molar-refractivity contribution >= 4 is 5.91 Å². The summed E-state index contributed by atoms with van der Waals surface area (Å²) >= 11 is 0. The lowest BCUT2D eigenvalue weighted by atomic mass is 10.00. The van der Waals surface area contributed by atoms with Crippen molar-refractivity contribution in [2.24, 2.45) is 5.92 Å². The number of aromatic nitrogens is 1. The van der Waals surface area contributed by atoms with Crippen LogP contribution in [0.25, 0.3) is 0 Å². The highest BCUT2D eigenvalue weighted by atomic mass is 16.5. The number of rotatable bonds is 5. The molecule has 7 nitrogen and oxygen atoms in total. The van der Waals surface area contributed by atoms with Gasteiger partial charge in [-0.2, -0.15) is 0 Å². The highest BCUT2D eigenvalue weighted by molar-refractivity contribution is 5.97. The average Bonchev–Trinajstić information content (AvgIpc) is 2.63. The van der Waals surface area contributed by atoms with Crippen molar-refractivity contribution in [3.05, 3.63) is 23.4 Å². The molecule has 1 N–H and O–H groups in total. The number of likely N-dealkylation sites (N-methyl/N-ethyl adjacent to an activating group) is 1. The molecule has 1 aliphatic rings. The maximum absolute atomic E-state index is 13.2. The Kier molecular flexibility index (Phi) is 7.81. The maximum atomic E-state index is 13.2. The molecule has 154 valence electrons. The second-order valence-electron chi connectivity index (χ2n) is 8.00. The predicted molar refractivity (Wildman–Crippen MR) is 109 cm³/mol. The van der Waals surface area contributed by atoms with Gasteiger partial charge >= 0.3 is 0 Å². The first-order valence-corrected chi connectivity index (χ1v) is 9.59. The van der Waals surface area contributed by atoms with Gasteiger partial charge in [-0.25, -0.2) is 4.98 Å². The minimum atomic E-state index is -0.288. The van der Waals surface area contributed by atoms with Gasteiger partial charge in [-0.05, 0) is 41.2 Å². The number of fused-ring (bicyclic) bond motifs is 1. The minimum absolute atomic E-state index is 0.0925. The fourth-order valence-corrected chi connectivity index (χ4v) is 3.05. The molecule has 0 saturated heterocycles. The summed E-state index contributed by atoms with van der Waals surface area (Å²) in [5, 5.41) is 9.66. The fourth-order valence-electron chi connectivity index (χ4n) is 3.05. The van der Waals surface area contributed by atoms with Crippen LogP contribution in [0.2, 0.25) is 0 Å². The number of hydrogen-bond acceptors (Lipinski definition) is 6. The summed E-state index contributed by atoms with van der Waals surface area (Å²) in [6, 6.07) is 1.46. The topological polar surface area (TPSA) is 69.1 Å². The third-order valence-electron chi connectivity index (χ3n) is 4.69. The number of hydrogen-bond donors (Lipinski definition) is 1. The lowest BCUT2D eigenvalue weighted by molar-refractivity contribution is 0.0348. The Labute approximate surface area is 168 Å². The second kappa shape index (κ2) is 9.87. The van der Waals surface area contributed by atoms with E-state index in [2.05, 4.69) is 28.6 Å². The fraction of sp³-hybridized carbons (Fsp3) is 0.619. The van der Waals surface area contributed by atoms with E-state index < -0.39 is 0 Å². The Morgan fingerprint density at radius 2 is 2.07 bits per heavy atom. The zero-order valence-electron chi connectivity index (χ0n) is 17.8. The highest BCUT2D eigenvalue weighted by Gasteiger charge is 2.33. The van der Waals surface area contributed by atoms with E-state index in [9.17, 15) is 9.90 Å². The molecule has 0 aromatic carbocycles. The molecule has 0 unspecified atom stereocenters. The molecule has 0 bridgehead atoms. The standard InChI is InChI=1S/C21H32N4O3/c1-15-12-25(16(2)14-26)21(27)18-10-17(8-7-9-23(3)4)11-22-20(18)28-19(15)13-24(5)6/h10-11,15-16,19,26H,9,12-14H2,1-6H3/t15-,16-,19-/m1/s1. The maximum Gasteiger partial charge on any atom is 0.259 e. The molecule has 28 heavy (non-hydrogen) atoms. The third kappa shape index (κ3) is 5.68. The Morgan fingerprint density at radius 1 is 1.36 bits per heavy atom. The van der Waals surface area contributed by atoms with E-state index >= 15 is 0 Å². The van der Waals surface area contributed by atoms with Crippen LogP contribution in [0.5, 0.6) is 5.88 Å². The second-order valence-corrected chi connectivity index (χ2v) is 8.00. The molecule has 3 atom stereocenters. The summed E-state index contributed by atoms with van der Waals surface area (Å²) < 4.78 is 6.17. The number of nitrogens with zero attached hydrogens (tertiary/aromatic N) is 4. The van der Waals surface area contributed by atoms with Gasteiger partial charge in [0.25, 0.3) is 5.91 Å². The van der Waals surface area contributed by atoms with E-state index in [0.29, 0.717) is 36.6 Å². The molecule has 2 heterocycles. The number of pyridine rings is 1. The Balaban J connectivity index is 2.45. The van der Waals surface area contributed by atoms with Crippen LogP contribution >= 0.6 is 0 Å². The molecule has 0 fully saturated rings. The smallest absolute Gasteiger partial charge is 0.259 e. The highest BCUT2D eigenvalue weighted by Crippen LogP contribution is 2.27. The first-order valence-electron chi connectivity index (χ1n) is 9.59. The number of carbonyl (C=O) groups excluding carboxylic acids is 1. The van der Waals surface area contributed by atoms with Gasteiger partial charge < -0.3 is 19.6 Å². The zero-order valence-corrected chi connectivity index (χ0v) is 17.8. The summed E-state index contributed by atoms with van der Waals surface area (Å²) in [5.74, 6) is 6.35. The van der Waals surface area contributed by atoms with Crippen LogP contribution in [0.3, 0.4) is 0 Å². The van der Waals surface area contributed by atoms with Gasteiger partial charge in [-0.1, -0.05) is 18.8 Å². The van der Waals surface area contributed by atoms with Gasteiger partial charge in [0.15, 0.2) is 0 Å². The molecule has 1 aromatic rings. The van der Waals surface area contributed by atoms with E-state index in [1.54, 1.807) is 17.2 Å². The molecule has 0 spiro atoms. The largest absolute Gasteiger partial charge is 0.472 e. The summed E-state index contributed by atoms with van der Waals surface area (Å²) in [5.41, 5.74) is 1.07. The lowest BCUT2D eigenvalue weighted by Gasteiger charge is -2.37.